The molecule has 0 aromatic heterocycles. The van der Waals surface area contributed by atoms with Crippen LogP contribution in [0.1, 0.15) is 128 Å². The van der Waals surface area contributed by atoms with Gasteiger partial charge in [0.1, 0.15) is 5.82 Å². The number of unbranched alkanes of at least 4 members (excludes halogenated alkanes) is 16. The molecular formula is C28H50FN. The van der Waals surface area contributed by atoms with Crippen LogP contribution in [0, 0.1) is 5.82 Å². The Morgan fingerprint density at radius 3 is 1.40 bits per heavy atom. The quantitative estimate of drug-likeness (QED) is 0.185. The molecule has 174 valence electrons. The van der Waals surface area contributed by atoms with Crippen LogP contribution in [0.25, 0.3) is 0 Å². The fourth-order valence-corrected chi connectivity index (χ4v) is 4.15. The topological polar surface area (TPSA) is 12.0 Å². The summed E-state index contributed by atoms with van der Waals surface area (Å²) in [6, 6.07) is 6.92. The van der Waals surface area contributed by atoms with E-state index in [4.69, 9.17) is 0 Å². The third-order valence-corrected chi connectivity index (χ3v) is 6.19. The van der Waals surface area contributed by atoms with Gasteiger partial charge in [0, 0.05) is 0 Å². The Balaban J connectivity index is 1.68. The van der Waals surface area contributed by atoms with Crippen LogP contribution in [-0.4, -0.2) is 13.1 Å². The molecule has 0 heterocycles. The van der Waals surface area contributed by atoms with Crippen molar-refractivity contribution in [2.75, 3.05) is 13.1 Å². The van der Waals surface area contributed by atoms with Crippen LogP contribution in [-0.2, 0) is 6.42 Å². The molecule has 0 fully saturated rings. The van der Waals surface area contributed by atoms with E-state index >= 15 is 0 Å². The third kappa shape index (κ3) is 17.9. The number of aryl methyl sites for hydroxylation is 1. The highest BCUT2D eigenvalue weighted by Crippen LogP contribution is 2.13. The van der Waals surface area contributed by atoms with Gasteiger partial charge in [-0.05, 0) is 56.5 Å². The first kappa shape index (κ1) is 27.1. The lowest BCUT2D eigenvalue weighted by Gasteiger charge is -2.06. The maximum atomic E-state index is 12.9. The highest BCUT2D eigenvalue weighted by Gasteiger charge is 1.96. The molecule has 0 saturated carbocycles. The molecule has 0 saturated heterocycles. The molecule has 1 aromatic rings. The summed E-state index contributed by atoms with van der Waals surface area (Å²) >= 11 is 0. The van der Waals surface area contributed by atoms with Gasteiger partial charge in [-0.15, -0.1) is 0 Å². The molecule has 2 heteroatoms. The Morgan fingerprint density at radius 1 is 0.533 bits per heavy atom. The van der Waals surface area contributed by atoms with E-state index in [1.165, 1.54) is 121 Å². The summed E-state index contributed by atoms with van der Waals surface area (Å²) in [4.78, 5) is 0. The molecule has 0 unspecified atom stereocenters. The van der Waals surface area contributed by atoms with Gasteiger partial charge < -0.3 is 5.32 Å². The van der Waals surface area contributed by atoms with Crippen LogP contribution in [0.5, 0.6) is 0 Å². The molecule has 1 rings (SSSR count). The number of nitrogens with one attached hydrogen (secondary N) is 1. The van der Waals surface area contributed by atoms with Gasteiger partial charge >= 0.3 is 0 Å². The summed E-state index contributed by atoms with van der Waals surface area (Å²) in [7, 11) is 0. The Morgan fingerprint density at radius 2 is 0.933 bits per heavy atom. The second-order valence-corrected chi connectivity index (χ2v) is 9.14. The number of hydrogen-bond donors (Lipinski definition) is 1. The Labute approximate surface area is 187 Å². The summed E-state index contributed by atoms with van der Waals surface area (Å²) in [6.45, 7) is 4.56. The first-order valence-corrected chi connectivity index (χ1v) is 13.3. The zero-order valence-corrected chi connectivity index (χ0v) is 20.0. The van der Waals surface area contributed by atoms with Gasteiger partial charge in [-0.3, -0.25) is 0 Å². The molecule has 0 radical (unpaired) electrons. The fourth-order valence-electron chi connectivity index (χ4n) is 4.15. The summed E-state index contributed by atoms with van der Waals surface area (Å²) in [6.07, 6.45) is 26.3. The molecule has 0 aliphatic rings. The van der Waals surface area contributed by atoms with E-state index < -0.39 is 0 Å². The van der Waals surface area contributed by atoms with Gasteiger partial charge in [-0.25, -0.2) is 4.39 Å². The van der Waals surface area contributed by atoms with Gasteiger partial charge in [-0.2, -0.15) is 0 Å². The van der Waals surface area contributed by atoms with Gasteiger partial charge in [-0.1, -0.05) is 115 Å². The molecular weight excluding hydrogens is 369 g/mol. The van der Waals surface area contributed by atoms with Crippen LogP contribution < -0.4 is 5.32 Å². The molecule has 0 atom stereocenters. The van der Waals surface area contributed by atoms with Crippen LogP contribution in [0.3, 0.4) is 0 Å². The fraction of sp³-hybridized carbons (Fsp3) is 0.786. The SMILES string of the molecule is CCCCCCCCCCCCCCCCCCNCCCCc1ccc(F)cc1. The van der Waals surface area contributed by atoms with Crippen molar-refractivity contribution >= 4 is 0 Å². The normalized spacial score (nSPS) is 11.3. The van der Waals surface area contributed by atoms with Gasteiger partial charge in [0.05, 0.1) is 0 Å². The van der Waals surface area contributed by atoms with Gasteiger partial charge in [0.15, 0.2) is 0 Å². The van der Waals surface area contributed by atoms with E-state index in [1.807, 2.05) is 12.1 Å². The minimum absolute atomic E-state index is 0.140. The molecule has 0 aliphatic carbocycles. The van der Waals surface area contributed by atoms with Crippen LogP contribution in [0.15, 0.2) is 24.3 Å². The predicted octanol–water partition coefficient (Wildman–Crippen LogP) is 9.00. The van der Waals surface area contributed by atoms with Crippen LogP contribution >= 0.6 is 0 Å². The molecule has 30 heavy (non-hydrogen) atoms. The summed E-state index contributed by atoms with van der Waals surface area (Å²) in [5, 5.41) is 3.57. The predicted molar refractivity (Wildman–Crippen MR) is 132 cm³/mol. The Kier molecular flexibility index (Phi) is 19.3. The lowest BCUT2D eigenvalue weighted by atomic mass is 10.0. The summed E-state index contributed by atoms with van der Waals surface area (Å²) in [5.41, 5.74) is 1.24. The van der Waals surface area contributed by atoms with E-state index in [9.17, 15) is 4.39 Å². The maximum absolute atomic E-state index is 12.9. The lowest BCUT2D eigenvalue weighted by Crippen LogP contribution is -2.16. The smallest absolute Gasteiger partial charge is 0.123 e. The van der Waals surface area contributed by atoms with E-state index in [-0.39, 0.29) is 5.82 Å². The highest BCUT2D eigenvalue weighted by atomic mass is 19.1. The zero-order valence-electron chi connectivity index (χ0n) is 20.0. The van der Waals surface area contributed by atoms with Crippen molar-refractivity contribution < 1.29 is 4.39 Å². The number of hydrogen-bond acceptors (Lipinski definition) is 1. The third-order valence-electron chi connectivity index (χ3n) is 6.19. The van der Waals surface area contributed by atoms with Gasteiger partial charge in [0.2, 0.25) is 0 Å². The van der Waals surface area contributed by atoms with Crippen molar-refractivity contribution in [2.24, 2.45) is 0 Å². The standard InChI is InChI=1S/C28H50FN/c1-2-3-4-5-6-7-8-9-10-11-12-13-14-15-16-18-25-30-26-19-17-20-27-21-23-28(29)24-22-27/h21-24,30H,2-20,25-26H2,1H3. The van der Waals surface area contributed by atoms with Crippen LogP contribution in [0.2, 0.25) is 0 Å². The molecule has 1 N–H and O–H groups in total. The summed E-state index contributed by atoms with van der Waals surface area (Å²) in [5.74, 6) is -0.140. The molecule has 0 spiro atoms. The highest BCUT2D eigenvalue weighted by molar-refractivity contribution is 5.15. The van der Waals surface area contributed by atoms with Crippen molar-refractivity contribution in [1.82, 2.24) is 5.32 Å². The number of rotatable bonds is 22. The van der Waals surface area contributed by atoms with Crippen molar-refractivity contribution in [3.63, 3.8) is 0 Å². The zero-order chi connectivity index (χ0) is 21.5. The minimum Gasteiger partial charge on any atom is -0.317 e. The molecule has 1 nitrogen and oxygen atoms in total. The van der Waals surface area contributed by atoms with E-state index in [0.29, 0.717) is 0 Å². The first-order valence-electron chi connectivity index (χ1n) is 13.3. The largest absolute Gasteiger partial charge is 0.317 e. The van der Waals surface area contributed by atoms with Gasteiger partial charge in [0.25, 0.3) is 0 Å². The average Bonchev–Trinajstić information content (AvgIpc) is 2.76. The number of halogens is 1. The number of benzene rings is 1. The molecule has 0 bridgehead atoms. The summed E-state index contributed by atoms with van der Waals surface area (Å²) < 4.78 is 12.9. The van der Waals surface area contributed by atoms with E-state index in [1.54, 1.807) is 12.1 Å². The van der Waals surface area contributed by atoms with Crippen molar-refractivity contribution in [1.29, 1.82) is 0 Å². The minimum atomic E-state index is -0.140. The maximum Gasteiger partial charge on any atom is 0.123 e. The van der Waals surface area contributed by atoms with E-state index in [2.05, 4.69) is 12.2 Å². The first-order chi connectivity index (χ1) is 14.8. The monoisotopic (exact) mass is 419 g/mol. The van der Waals surface area contributed by atoms with E-state index in [0.717, 1.165) is 19.5 Å². The van der Waals surface area contributed by atoms with Crippen molar-refractivity contribution in [3.8, 4) is 0 Å². The second-order valence-electron chi connectivity index (χ2n) is 9.14. The van der Waals surface area contributed by atoms with Crippen LogP contribution in [0.4, 0.5) is 4.39 Å². The lowest BCUT2D eigenvalue weighted by molar-refractivity contribution is 0.523. The molecule has 1 aromatic carbocycles. The van der Waals surface area contributed by atoms with Crippen molar-refractivity contribution in [2.45, 2.75) is 129 Å². The van der Waals surface area contributed by atoms with Crippen molar-refractivity contribution in [3.05, 3.63) is 35.6 Å². The molecule has 0 aliphatic heterocycles. The Bertz CT molecular complexity index is 456. The second kappa shape index (κ2) is 21.3. The Hall–Kier alpha value is -0.890. The molecule has 0 amide bonds. The average molecular weight is 420 g/mol.